The summed E-state index contributed by atoms with van der Waals surface area (Å²) in [5.41, 5.74) is 0.660. The van der Waals surface area contributed by atoms with Crippen molar-refractivity contribution < 1.29 is 52.1 Å². The molecule has 0 saturated carbocycles. The number of rotatable bonds is 4. The van der Waals surface area contributed by atoms with Gasteiger partial charge in [-0.1, -0.05) is 36.4 Å². The van der Waals surface area contributed by atoms with Crippen molar-refractivity contribution in [3.8, 4) is 0 Å². The number of carbonyl (C=O) groups is 2. The fraction of sp³-hybridized carbons (Fsp3) is 0.125. The smallest absolute Gasteiger partial charge is 0.744 e. The van der Waals surface area contributed by atoms with Gasteiger partial charge in [0, 0.05) is 0 Å². The normalized spacial score (nSPS) is 14.6. The molecule has 1 saturated heterocycles. The molecule has 0 aromatic heterocycles. The average Bonchev–Trinajstić information content (AvgIpc) is 2.81. The number of hydrogen-bond acceptors (Lipinski definition) is 5. The van der Waals surface area contributed by atoms with E-state index in [-0.39, 0.29) is 48.1 Å². The summed E-state index contributed by atoms with van der Waals surface area (Å²) < 4.78 is 34.2. The van der Waals surface area contributed by atoms with Gasteiger partial charge in [-0.2, -0.15) is 0 Å². The molecule has 1 fully saturated rings. The topological polar surface area (TPSA) is 97.8 Å². The Morgan fingerprint density at radius 3 is 2.16 bits per heavy atom. The molecule has 124 valence electrons. The van der Waals surface area contributed by atoms with Crippen LogP contribution in [0.1, 0.15) is 12.0 Å². The summed E-state index contributed by atoms with van der Waals surface area (Å²) in [5, 5.41) is 2.36. The van der Waals surface area contributed by atoms with Crippen molar-refractivity contribution in [1.82, 2.24) is 5.01 Å². The second kappa shape index (κ2) is 7.67. The van der Waals surface area contributed by atoms with Gasteiger partial charge in [-0.15, -0.1) is 0 Å². The van der Waals surface area contributed by atoms with E-state index in [0.717, 1.165) is 5.01 Å². The Kier molecular flexibility index (Phi) is 6.02. The first kappa shape index (κ1) is 19.6. The maximum atomic E-state index is 12.2. The molecule has 0 aliphatic carbocycles. The zero-order valence-electron chi connectivity index (χ0n) is 13.5. The number of nitrogens with zero attached hydrogens (tertiary/aromatic N) is 2. The molecule has 3 rings (SSSR count). The summed E-state index contributed by atoms with van der Waals surface area (Å²) in [6.45, 7) is -0.183. The van der Waals surface area contributed by atoms with Gasteiger partial charge in [-0.05, 0) is 23.8 Å². The summed E-state index contributed by atoms with van der Waals surface area (Å²) in [7, 11) is -4.68. The van der Waals surface area contributed by atoms with Crippen LogP contribution in [0.5, 0.6) is 0 Å². The molecule has 2 aromatic carbocycles. The Bertz CT molecular complexity index is 902. The molecule has 7 nitrogen and oxygen atoms in total. The van der Waals surface area contributed by atoms with Crippen LogP contribution in [0, 0.1) is 0 Å². The first-order chi connectivity index (χ1) is 11.4. The van der Waals surface area contributed by atoms with E-state index in [9.17, 15) is 22.6 Å². The Hall–Kier alpha value is -1.71. The Morgan fingerprint density at radius 2 is 1.52 bits per heavy atom. The first-order valence-electron chi connectivity index (χ1n) is 7.10. The van der Waals surface area contributed by atoms with Crippen LogP contribution in [0.25, 0.3) is 0 Å². The van der Waals surface area contributed by atoms with Gasteiger partial charge in [-0.25, -0.2) is 18.4 Å². The maximum Gasteiger partial charge on any atom is 1.00 e. The molecule has 0 spiro atoms. The van der Waals surface area contributed by atoms with Crippen LogP contribution in [0.4, 0.5) is 5.69 Å². The van der Waals surface area contributed by atoms with Gasteiger partial charge in [0.25, 0.3) is 11.8 Å². The SMILES string of the molecule is O=C1CC(=O)N(c2ccccc2)N1Cc1ccccc1S(=O)(=O)[O-].[Na+]. The molecule has 2 amide bonds. The van der Waals surface area contributed by atoms with Crippen LogP contribution in [0.2, 0.25) is 0 Å². The van der Waals surface area contributed by atoms with Gasteiger partial charge in [-0.3, -0.25) is 9.59 Å². The number of benzene rings is 2. The van der Waals surface area contributed by atoms with Gasteiger partial charge in [0.2, 0.25) is 0 Å². The van der Waals surface area contributed by atoms with E-state index in [0.29, 0.717) is 5.69 Å². The molecule has 0 atom stereocenters. The minimum Gasteiger partial charge on any atom is -0.744 e. The molecule has 1 aliphatic heterocycles. The average molecular weight is 368 g/mol. The first-order valence-corrected chi connectivity index (χ1v) is 8.51. The Labute approximate surface area is 167 Å². The molecular formula is C16H13N2NaO5S. The zero-order valence-corrected chi connectivity index (χ0v) is 16.3. The number of hydrazine groups is 1. The van der Waals surface area contributed by atoms with E-state index in [4.69, 9.17) is 0 Å². The number of para-hydroxylation sites is 1. The van der Waals surface area contributed by atoms with Crippen molar-refractivity contribution >= 4 is 27.6 Å². The summed E-state index contributed by atoms with van der Waals surface area (Å²) >= 11 is 0. The van der Waals surface area contributed by atoms with Crippen LogP contribution in [0.3, 0.4) is 0 Å². The van der Waals surface area contributed by atoms with E-state index >= 15 is 0 Å². The minimum atomic E-state index is -4.68. The number of hydrogen-bond donors (Lipinski definition) is 0. The number of carbonyl (C=O) groups excluding carboxylic acids is 2. The number of anilines is 1. The van der Waals surface area contributed by atoms with Gasteiger partial charge >= 0.3 is 29.6 Å². The van der Waals surface area contributed by atoms with Crippen LogP contribution in [-0.2, 0) is 26.3 Å². The van der Waals surface area contributed by atoms with Crippen LogP contribution in [-0.4, -0.2) is 29.8 Å². The standard InChI is InChI=1S/C16H14N2O5S.Na/c19-15-10-16(20)18(13-7-2-1-3-8-13)17(15)11-12-6-4-5-9-14(12)24(21,22)23;/h1-9H,10-11H2,(H,21,22,23);/q;+1/p-1. The van der Waals surface area contributed by atoms with Crippen LogP contribution < -0.4 is 34.6 Å². The second-order valence-electron chi connectivity index (χ2n) is 5.23. The minimum absolute atomic E-state index is 0. The molecule has 0 unspecified atom stereocenters. The van der Waals surface area contributed by atoms with Crippen molar-refractivity contribution in [2.24, 2.45) is 0 Å². The largest absolute Gasteiger partial charge is 1.00 e. The van der Waals surface area contributed by atoms with E-state index in [1.54, 1.807) is 36.4 Å². The number of amides is 2. The fourth-order valence-corrected chi connectivity index (χ4v) is 3.29. The molecule has 9 heteroatoms. The van der Waals surface area contributed by atoms with Gasteiger partial charge in [0.1, 0.15) is 16.5 Å². The van der Waals surface area contributed by atoms with Gasteiger partial charge < -0.3 is 4.55 Å². The maximum absolute atomic E-state index is 12.2. The van der Waals surface area contributed by atoms with Crippen LogP contribution in [0.15, 0.2) is 59.5 Å². The van der Waals surface area contributed by atoms with Crippen molar-refractivity contribution in [3.63, 3.8) is 0 Å². The third kappa shape index (κ3) is 4.10. The van der Waals surface area contributed by atoms with Crippen molar-refractivity contribution in [2.45, 2.75) is 17.9 Å². The third-order valence-corrected chi connectivity index (χ3v) is 4.57. The van der Waals surface area contributed by atoms with E-state index in [2.05, 4.69) is 0 Å². The molecule has 0 N–H and O–H groups in total. The summed E-state index contributed by atoms with van der Waals surface area (Å²) in [4.78, 5) is 23.9. The molecular weight excluding hydrogens is 355 g/mol. The molecule has 1 heterocycles. The Morgan fingerprint density at radius 1 is 0.920 bits per heavy atom. The van der Waals surface area contributed by atoms with Crippen LogP contribution >= 0.6 is 0 Å². The van der Waals surface area contributed by atoms with E-state index < -0.39 is 26.8 Å². The molecule has 25 heavy (non-hydrogen) atoms. The summed E-state index contributed by atoms with van der Waals surface area (Å²) in [6, 6.07) is 14.2. The summed E-state index contributed by atoms with van der Waals surface area (Å²) in [6.07, 6.45) is -0.304. The zero-order chi connectivity index (χ0) is 17.3. The quantitative estimate of drug-likeness (QED) is 0.363. The second-order valence-corrected chi connectivity index (χ2v) is 6.58. The molecule has 2 aromatic rings. The van der Waals surface area contributed by atoms with E-state index in [1.807, 2.05) is 0 Å². The molecule has 0 radical (unpaired) electrons. The van der Waals surface area contributed by atoms with Crippen molar-refractivity contribution in [3.05, 3.63) is 60.2 Å². The van der Waals surface area contributed by atoms with Crippen molar-refractivity contribution in [1.29, 1.82) is 0 Å². The molecule has 0 bridgehead atoms. The van der Waals surface area contributed by atoms with Gasteiger partial charge in [0.15, 0.2) is 0 Å². The fourth-order valence-electron chi connectivity index (χ4n) is 2.59. The molecule has 1 aliphatic rings. The third-order valence-electron chi connectivity index (χ3n) is 3.63. The predicted molar refractivity (Wildman–Crippen MR) is 83.5 cm³/mol. The van der Waals surface area contributed by atoms with Gasteiger partial charge in [0.05, 0.1) is 17.1 Å². The van der Waals surface area contributed by atoms with Crippen molar-refractivity contribution in [2.75, 3.05) is 5.01 Å². The monoisotopic (exact) mass is 368 g/mol. The van der Waals surface area contributed by atoms with E-state index in [1.165, 1.54) is 23.2 Å². The Balaban J connectivity index is 0.00000225. The predicted octanol–water partition coefficient (Wildman–Crippen LogP) is -1.72. The summed E-state index contributed by atoms with van der Waals surface area (Å²) in [5.74, 6) is -0.865.